The molecule has 0 atom stereocenters. The van der Waals surface area contributed by atoms with Crippen LogP contribution in [0.5, 0.6) is 0 Å². The molecule has 0 aliphatic heterocycles. The van der Waals surface area contributed by atoms with E-state index in [0.717, 1.165) is 55.4 Å². The highest BCUT2D eigenvalue weighted by Gasteiger charge is 2.30. The van der Waals surface area contributed by atoms with Gasteiger partial charge in [-0.25, -0.2) is 4.68 Å². The normalized spacial score (nSPS) is 15.7. The van der Waals surface area contributed by atoms with E-state index >= 15 is 0 Å². The second kappa shape index (κ2) is 8.20. The van der Waals surface area contributed by atoms with Crippen molar-refractivity contribution in [3.63, 3.8) is 0 Å². The van der Waals surface area contributed by atoms with Crippen molar-refractivity contribution in [2.75, 3.05) is 16.9 Å². The van der Waals surface area contributed by atoms with Gasteiger partial charge in [-0.15, -0.1) is 10.2 Å². The van der Waals surface area contributed by atoms with Gasteiger partial charge in [0, 0.05) is 11.6 Å². The molecule has 1 saturated carbocycles. The van der Waals surface area contributed by atoms with Crippen molar-refractivity contribution >= 4 is 23.4 Å². The SMILES string of the molecule is Nn1c(SCC(=O)Nc2cccc(C(F)(F)F)c2)nnc1C1CCCCC1. The molecule has 1 aliphatic carbocycles. The lowest BCUT2D eigenvalue weighted by molar-refractivity contribution is -0.137. The maximum absolute atomic E-state index is 12.7. The first-order valence-electron chi connectivity index (χ1n) is 8.65. The molecule has 1 heterocycles. The minimum Gasteiger partial charge on any atom is -0.336 e. The van der Waals surface area contributed by atoms with E-state index in [9.17, 15) is 18.0 Å². The van der Waals surface area contributed by atoms with Gasteiger partial charge in [0.2, 0.25) is 11.1 Å². The highest BCUT2D eigenvalue weighted by Crippen LogP contribution is 2.32. The molecule has 0 unspecified atom stereocenters. The Morgan fingerprint density at radius 3 is 2.70 bits per heavy atom. The van der Waals surface area contributed by atoms with Gasteiger partial charge in [-0.3, -0.25) is 4.79 Å². The van der Waals surface area contributed by atoms with E-state index in [-0.39, 0.29) is 17.4 Å². The van der Waals surface area contributed by atoms with Crippen molar-refractivity contribution in [1.82, 2.24) is 14.9 Å². The summed E-state index contributed by atoms with van der Waals surface area (Å²) in [5, 5.41) is 11.1. The summed E-state index contributed by atoms with van der Waals surface area (Å²) in [5.41, 5.74) is -0.723. The summed E-state index contributed by atoms with van der Waals surface area (Å²) in [7, 11) is 0. The number of nitrogens with one attached hydrogen (secondary N) is 1. The third-order valence-corrected chi connectivity index (χ3v) is 5.41. The van der Waals surface area contributed by atoms with Crippen LogP contribution in [0.4, 0.5) is 18.9 Å². The van der Waals surface area contributed by atoms with Gasteiger partial charge in [-0.05, 0) is 31.0 Å². The molecule has 1 amide bonds. The van der Waals surface area contributed by atoms with Crippen LogP contribution in [0.3, 0.4) is 0 Å². The maximum Gasteiger partial charge on any atom is 0.416 e. The van der Waals surface area contributed by atoms with Crippen molar-refractivity contribution in [3.05, 3.63) is 35.7 Å². The monoisotopic (exact) mass is 399 g/mol. The van der Waals surface area contributed by atoms with E-state index in [4.69, 9.17) is 5.84 Å². The van der Waals surface area contributed by atoms with Gasteiger partial charge < -0.3 is 11.2 Å². The average Bonchev–Trinajstić information content (AvgIpc) is 3.01. The molecule has 27 heavy (non-hydrogen) atoms. The molecule has 1 aromatic heterocycles. The number of amides is 1. The number of alkyl halides is 3. The van der Waals surface area contributed by atoms with Crippen LogP contribution in [-0.2, 0) is 11.0 Å². The molecule has 10 heteroatoms. The number of nitrogens with two attached hydrogens (primary N) is 1. The number of carbonyl (C=O) groups excluding carboxylic acids is 1. The number of carbonyl (C=O) groups is 1. The van der Waals surface area contributed by atoms with Gasteiger partial charge in [0.25, 0.3) is 0 Å². The molecule has 0 radical (unpaired) electrons. The zero-order chi connectivity index (χ0) is 19.4. The Morgan fingerprint density at radius 2 is 2.00 bits per heavy atom. The molecule has 6 nitrogen and oxygen atoms in total. The van der Waals surface area contributed by atoms with Crippen LogP contribution in [0.25, 0.3) is 0 Å². The smallest absolute Gasteiger partial charge is 0.336 e. The molecule has 1 aliphatic rings. The van der Waals surface area contributed by atoms with Crippen molar-refractivity contribution in [1.29, 1.82) is 0 Å². The summed E-state index contributed by atoms with van der Waals surface area (Å²) in [6, 6.07) is 4.51. The molecule has 0 bridgehead atoms. The molecule has 3 rings (SSSR count). The molecule has 3 N–H and O–H groups in total. The zero-order valence-electron chi connectivity index (χ0n) is 14.5. The number of hydrogen-bond donors (Lipinski definition) is 2. The molecule has 0 spiro atoms. The van der Waals surface area contributed by atoms with Crippen molar-refractivity contribution in [3.8, 4) is 0 Å². The number of rotatable bonds is 5. The second-order valence-corrected chi connectivity index (χ2v) is 7.40. The number of nitrogen functional groups attached to an aromatic ring is 1. The fraction of sp³-hybridized carbons (Fsp3) is 0.471. The first-order chi connectivity index (χ1) is 12.8. The van der Waals surface area contributed by atoms with Crippen molar-refractivity contribution < 1.29 is 18.0 Å². The van der Waals surface area contributed by atoms with E-state index in [1.165, 1.54) is 23.2 Å². The highest BCUT2D eigenvalue weighted by molar-refractivity contribution is 7.99. The Kier molecular flexibility index (Phi) is 5.93. The predicted octanol–water partition coefficient (Wildman–Crippen LogP) is 3.79. The number of nitrogens with zero attached hydrogens (tertiary/aromatic N) is 3. The molecule has 1 aromatic carbocycles. The number of aromatic nitrogens is 3. The number of hydrogen-bond acceptors (Lipinski definition) is 5. The Bertz CT molecular complexity index is 802. The van der Waals surface area contributed by atoms with E-state index in [1.54, 1.807) is 0 Å². The van der Waals surface area contributed by atoms with E-state index in [2.05, 4.69) is 15.5 Å². The predicted molar refractivity (Wildman–Crippen MR) is 96.8 cm³/mol. The van der Waals surface area contributed by atoms with Crippen LogP contribution in [0, 0.1) is 0 Å². The summed E-state index contributed by atoms with van der Waals surface area (Å²) in [5.74, 6) is 6.58. The third kappa shape index (κ3) is 4.94. The fourth-order valence-corrected chi connectivity index (χ4v) is 3.79. The topological polar surface area (TPSA) is 85.8 Å². The van der Waals surface area contributed by atoms with Crippen LogP contribution in [0.2, 0.25) is 0 Å². The third-order valence-electron chi connectivity index (χ3n) is 4.47. The Balaban J connectivity index is 1.57. The Hall–Kier alpha value is -2.23. The molecule has 2 aromatic rings. The average molecular weight is 399 g/mol. The number of anilines is 1. The molecular formula is C17H20F3N5OS. The molecular weight excluding hydrogens is 379 g/mol. The zero-order valence-corrected chi connectivity index (χ0v) is 15.3. The van der Waals surface area contributed by atoms with Crippen LogP contribution >= 0.6 is 11.8 Å². The summed E-state index contributed by atoms with van der Waals surface area (Å²) >= 11 is 1.10. The van der Waals surface area contributed by atoms with Gasteiger partial charge in [0.05, 0.1) is 11.3 Å². The van der Waals surface area contributed by atoms with Gasteiger partial charge in [-0.2, -0.15) is 13.2 Å². The van der Waals surface area contributed by atoms with Crippen molar-refractivity contribution in [2.24, 2.45) is 0 Å². The number of benzene rings is 1. The van der Waals surface area contributed by atoms with E-state index in [0.29, 0.717) is 5.16 Å². The lowest BCUT2D eigenvalue weighted by Crippen LogP contribution is -2.20. The lowest BCUT2D eigenvalue weighted by atomic mass is 9.89. The van der Waals surface area contributed by atoms with Crippen LogP contribution < -0.4 is 11.2 Å². The van der Waals surface area contributed by atoms with Gasteiger partial charge in [-0.1, -0.05) is 37.1 Å². The molecule has 1 fully saturated rings. The first kappa shape index (κ1) is 19.5. The molecule has 146 valence electrons. The minimum atomic E-state index is -4.46. The summed E-state index contributed by atoms with van der Waals surface area (Å²) in [6.45, 7) is 0. The largest absolute Gasteiger partial charge is 0.416 e. The number of thioether (sulfide) groups is 1. The van der Waals surface area contributed by atoms with Crippen LogP contribution in [-0.4, -0.2) is 26.5 Å². The van der Waals surface area contributed by atoms with Crippen LogP contribution in [0.1, 0.15) is 49.4 Å². The van der Waals surface area contributed by atoms with Gasteiger partial charge in [0.15, 0.2) is 5.82 Å². The van der Waals surface area contributed by atoms with Gasteiger partial charge in [0.1, 0.15) is 0 Å². The van der Waals surface area contributed by atoms with Crippen molar-refractivity contribution in [2.45, 2.75) is 49.4 Å². The summed E-state index contributed by atoms with van der Waals surface area (Å²) < 4.78 is 39.6. The standard InChI is InChI=1S/C17H20F3N5OS/c18-17(19,20)12-7-4-8-13(9-12)22-14(26)10-27-16-24-23-15(25(16)21)11-5-2-1-3-6-11/h4,7-9,11H,1-3,5-6,10,21H2,(H,22,26). The quantitative estimate of drug-likeness (QED) is 0.590. The lowest BCUT2D eigenvalue weighted by Gasteiger charge is -2.20. The highest BCUT2D eigenvalue weighted by atomic mass is 32.2. The summed E-state index contributed by atoms with van der Waals surface area (Å²) in [6.07, 6.45) is 1.08. The Morgan fingerprint density at radius 1 is 1.26 bits per heavy atom. The second-order valence-electron chi connectivity index (χ2n) is 6.46. The van der Waals surface area contributed by atoms with E-state index < -0.39 is 17.6 Å². The first-order valence-corrected chi connectivity index (χ1v) is 9.63. The number of halogens is 3. The Labute approximate surface area is 158 Å². The fourth-order valence-electron chi connectivity index (χ4n) is 3.13. The summed E-state index contributed by atoms with van der Waals surface area (Å²) in [4.78, 5) is 12.1. The minimum absolute atomic E-state index is 0.0315. The van der Waals surface area contributed by atoms with Gasteiger partial charge >= 0.3 is 6.18 Å². The molecule has 0 saturated heterocycles. The van der Waals surface area contributed by atoms with E-state index in [1.807, 2.05) is 0 Å². The van der Waals surface area contributed by atoms with Crippen LogP contribution in [0.15, 0.2) is 29.4 Å². The maximum atomic E-state index is 12.7.